The fraction of sp³-hybridized carbons (Fsp3) is 0.600. The fourth-order valence-electron chi connectivity index (χ4n) is 1.91. The van der Waals surface area contributed by atoms with Gasteiger partial charge < -0.3 is 0 Å². The van der Waals surface area contributed by atoms with Crippen LogP contribution >= 0.6 is 0 Å². The van der Waals surface area contributed by atoms with Crippen LogP contribution in [0.5, 0.6) is 0 Å². The van der Waals surface area contributed by atoms with Crippen LogP contribution in [-0.4, -0.2) is 28.5 Å². The van der Waals surface area contributed by atoms with Crippen molar-refractivity contribution in [2.24, 2.45) is 0 Å². The number of rotatable bonds is 1. The monoisotopic (exact) mass is 177 g/mol. The molecule has 1 aliphatic rings. The van der Waals surface area contributed by atoms with Crippen LogP contribution in [0.1, 0.15) is 30.3 Å². The Morgan fingerprint density at radius 1 is 1.38 bits per heavy atom. The van der Waals surface area contributed by atoms with Gasteiger partial charge in [-0.3, -0.25) is 4.90 Å². The number of aryl methyl sites for hydroxylation is 1. The van der Waals surface area contributed by atoms with Crippen molar-refractivity contribution in [3.63, 3.8) is 0 Å². The van der Waals surface area contributed by atoms with Gasteiger partial charge in [-0.2, -0.15) is 0 Å². The predicted octanol–water partition coefficient (Wildman–Crippen LogP) is 1.55. The van der Waals surface area contributed by atoms with Gasteiger partial charge >= 0.3 is 0 Å². The highest BCUT2D eigenvalue weighted by atomic mass is 15.1. The molecule has 1 fully saturated rings. The van der Waals surface area contributed by atoms with Gasteiger partial charge in [-0.15, -0.1) is 0 Å². The van der Waals surface area contributed by atoms with Crippen molar-refractivity contribution in [1.82, 2.24) is 14.9 Å². The highest BCUT2D eigenvalue weighted by molar-refractivity contribution is 5.12. The van der Waals surface area contributed by atoms with E-state index in [0.29, 0.717) is 6.04 Å². The summed E-state index contributed by atoms with van der Waals surface area (Å²) in [6, 6.07) is 0.542. The minimum absolute atomic E-state index is 0.542. The lowest BCUT2D eigenvalue weighted by Crippen LogP contribution is -2.17. The molecule has 0 amide bonds. The van der Waals surface area contributed by atoms with Gasteiger partial charge in [0.15, 0.2) is 0 Å². The minimum atomic E-state index is 0.542. The van der Waals surface area contributed by atoms with Crippen molar-refractivity contribution in [2.45, 2.75) is 25.8 Å². The quantitative estimate of drug-likeness (QED) is 0.651. The zero-order valence-corrected chi connectivity index (χ0v) is 8.20. The molecule has 0 saturated carbocycles. The second-order valence-electron chi connectivity index (χ2n) is 3.70. The van der Waals surface area contributed by atoms with Crippen molar-refractivity contribution < 1.29 is 0 Å². The summed E-state index contributed by atoms with van der Waals surface area (Å²) in [6.07, 6.45) is 6.43. The van der Waals surface area contributed by atoms with Crippen LogP contribution in [0.4, 0.5) is 0 Å². The fourth-order valence-corrected chi connectivity index (χ4v) is 1.91. The molecule has 3 nitrogen and oxygen atoms in total. The van der Waals surface area contributed by atoms with Crippen molar-refractivity contribution in [2.75, 3.05) is 13.6 Å². The molecule has 1 aliphatic heterocycles. The molecule has 1 aromatic rings. The third-order valence-electron chi connectivity index (χ3n) is 2.71. The van der Waals surface area contributed by atoms with Gasteiger partial charge in [-0.1, -0.05) is 0 Å². The molecule has 0 bridgehead atoms. The summed E-state index contributed by atoms with van der Waals surface area (Å²) in [7, 11) is 2.16. The lowest BCUT2D eigenvalue weighted by atomic mass is 10.1. The second-order valence-corrected chi connectivity index (χ2v) is 3.70. The third-order valence-corrected chi connectivity index (χ3v) is 2.71. The zero-order valence-electron chi connectivity index (χ0n) is 8.20. The maximum absolute atomic E-state index is 4.22. The van der Waals surface area contributed by atoms with Crippen LogP contribution in [0.2, 0.25) is 0 Å². The topological polar surface area (TPSA) is 29.0 Å². The molecule has 1 aromatic heterocycles. The number of likely N-dealkylation sites (tertiary alicyclic amines) is 1. The number of aromatic nitrogens is 2. The maximum atomic E-state index is 4.22. The van der Waals surface area contributed by atoms with Crippen molar-refractivity contribution >= 4 is 0 Å². The van der Waals surface area contributed by atoms with E-state index in [4.69, 9.17) is 0 Å². The Morgan fingerprint density at radius 3 is 2.62 bits per heavy atom. The molecule has 2 rings (SSSR count). The first-order valence-corrected chi connectivity index (χ1v) is 4.76. The van der Waals surface area contributed by atoms with E-state index in [0.717, 1.165) is 5.82 Å². The molecule has 0 spiro atoms. The summed E-state index contributed by atoms with van der Waals surface area (Å²) in [4.78, 5) is 10.8. The molecule has 3 heteroatoms. The highest BCUT2D eigenvalue weighted by Crippen LogP contribution is 2.28. The van der Waals surface area contributed by atoms with Crippen LogP contribution in [-0.2, 0) is 0 Å². The molecule has 0 aliphatic carbocycles. The average molecular weight is 177 g/mol. The van der Waals surface area contributed by atoms with E-state index in [1.54, 1.807) is 0 Å². The van der Waals surface area contributed by atoms with Crippen molar-refractivity contribution in [3.05, 3.63) is 23.8 Å². The maximum Gasteiger partial charge on any atom is 0.125 e. The van der Waals surface area contributed by atoms with E-state index in [9.17, 15) is 0 Å². The Hall–Kier alpha value is -0.960. The molecule has 0 aromatic carbocycles. The first kappa shape index (κ1) is 8.63. The van der Waals surface area contributed by atoms with Crippen LogP contribution in [0, 0.1) is 6.92 Å². The lowest BCUT2D eigenvalue weighted by Gasteiger charge is -2.18. The van der Waals surface area contributed by atoms with E-state index in [1.165, 1.54) is 24.9 Å². The number of nitrogens with zero attached hydrogens (tertiary/aromatic N) is 3. The number of hydrogen-bond donors (Lipinski definition) is 0. The summed E-state index contributed by atoms with van der Waals surface area (Å²) in [5, 5.41) is 0. The van der Waals surface area contributed by atoms with E-state index in [-0.39, 0.29) is 0 Å². The van der Waals surface area contributed by atoms with Crippen LogP contribution in [0.15, 0.2) is 12.4 Å². The summed E-state index contributed by atoms with van der Waals surface area (Å²) in [6.45, 7) is 3.11. The molecule has 2 heterocycles. The van der Waals surface area contributed by atoms with Gasteiger partial charge in [0, 0.05) is 24.0 Å². The van der Waals surface area contributed by atoms with E-state index in [1.807, 2.05) is 19.3 Å². The van der Waals surface area contributed by atoms with Crippen molar-refractivity contribution in [1.29, 1.82) is 0 Å². The van der Waals surface area contributed by atoms with Gasteiger partial charge in [-0.05, 0) is 33.4 Å². The van der Waals surface area contributed by atoms with E-state index in [2.05, 4.69) is 21.9 Å². The molecule has 13 heavy (non-hydrogen) atoms. The molecule has 0 N–H and O–H groups in total. The average Bonchev–Trinajstić information content (AvgIpc) is 2.53. The summed E-state index contributed by atoms with van der Waals surface area (Å²) in [5.74, 6) is 0.851. The zero-order chi connectivity index (χ0) is 9.26. The summed E-state index contributed by atoms with van der Waals surface area (Å²) >= 11 is 0. The second kappa shape index (κ2) is 3.42. The SMILES string of the molecule is Cc1ncc([C@H]2CCCN2C)cn1. The summed E-state index contributed by atoms with van der Waals surface area (Å²) < 4.78 is 0. The van der Waals surface area contributed by atoms with Crippen LogP contribution in [0.3, 0.4) is 0 Å². The molecule has 0 unspecified atom stereocenters. The third kappa shape index (κ3) is 1.70. The largest absolute Gasteiger partial charge is 0.299 e. The van der Waals surface area contributed by atoms with Crippen LogP contribution < -0.4 is 0 Å². The van der Waals surface area contributed by atoms with E-state index < -0.39 is 0 Å². The van der Waals surface area contributed by atoms with E-state index >= 15 is 0 Å². The molecule has 70 valence electrons. The molecule has 0 radical (unpaired) electrons. The minimum Gasteiger partial charge on any atom is -0.299 e. The van der Waals surface area contributed by atoms with Gasteiger partial charge in [-0.25, -0.2) is 9.97 Å². The number of hydrogen-bond acceptors (Lipinski definition) is 3. The molecular formula is C10H15N3. The molecule has 1 saturated heterocycles. The Labute approximate surface area is 78.8 Å². The lowest BCUT2D eigenvalue weighted by molar-refractivity contribution is 0.316. The van der Waals surface area contributed by atoms with Gasteiger partial charge in [0.05, 0.1) is 0 Å². The first-order valence-electron chi connectivity index (χ1n) is 4.76. The molecular weight excluding hydrogens is 162 g/mol. The Morgan fingerprint density at radius 2 is 2.08 bits per heavy atom. The van der Waals surface area contributed by atoms with Gasteiger partial charge in [0.25, 0.3) is 0 Å². The first-order chi connectivity index (χ1) is 6.27. The van der Waals surface area contributed by atoms with Gasteiger partial charge in [0.2, 0.25) is 0 Å². The predicted molar refractivity (Wildman–Crippen MR) is 51.4 cm³/mol. The van der Waals surface area contributed by atoms with Crippen LogP contribution in [0.25, 0.3) is 0 Å². The Bertz CT molecular complexity index is 281. The summed E-state index contributed by atoms with van der Waals surface area (Å²) in [5.41, 5.74) is 1.26. The highest BCUT2D eigenvalue weighted by Gasteiger charge is 2.22. The Kier molecular flexibility index (Phi) is 2.27. The molecule has 1 atom stereocenters. The van der Waals surface area contributed by atoms with Crippen molar-refractivity contribution in [3.8, 4) is 0 Å². The van der Waals surface area contributed by atoms with Gasteiger partial charge in [0.1, 0.15) is 5.82 Å². The smallest absolute Gasteiger partial charge is 0.125 e. The standard InChI is InChI=1S/C10H15N3/c1-8-11-6-9(7-12-8)10-4-3-5-13(10)2/h6-7,10H,3-5H2,1-2H3/t10-/m1/s1. The normalized spacial score (nSPS) is 23.7. The Balaban J connectivity index is 2.20.